The summed E-state index contributed by atoms with van der Waals surface area (Å²) < 4.78 is 73.4. The molecule has 1 aliphatic carbocycles. The molecule has 5 N–H and O–H groups in total. The predicted molar refractivity (Wildman–Crippen MR) is 366 cm³/mol. The number of halogens is 4. The highest BCUT2D eigenvalue weighted by molar-refractivity contribution is 7.92. The number of Topliss-reactive ketones (excluding diaryl/α,β-unsaturated/α-hetero) is 1. The number of anilines is 2. The number of rotatable bonds is 26. The number of ether oxygens (including phenoxy) is 1. The molecule has 514 valence electrons. The lowest BCUT2D eigenvalue weighted by Crippen LogP contribution is -2.50. The van der Waals surface area contributed by atoms with Gasteiger partial charge in [-0.1, -0.05) is 94.3 Å². The van der Waals surface area contributed by atoms with Crippen LogP contribution >= 0.6 is 22.9 Å². The van der Waals surface area contributed by atoms with Crippen molar-refractivity contribution in [2.24, 2.45) is 16.7 Å². The van der Waals surface area contributed by atoms with Gasteiger partial charge < -0.3 is 40.9 Å². The van der Waals surface area contributed by atoms with Gasteiger partial charge in [0.05, 0.1) is 57.4 Å². The zero-order valence-electron chi connectivity index (χ0n) is 55.5. The number of alkyl halides is 3. The number of aryl methyl sites for hydroxylation is 1. The van der Waals surface area contributed by atoms with Crippen LogP contribution in [0, 0.1) is 23.7 Å². The summed E-state index contributed by atoms with van der Waals surface area (Å²) in [6.07, 6.45) is 2.59. The molecule has 1 unspecified atom stereocenters. The molecule has 5 aromatic rings. The molecule has 1 aromatic heterocycles. The highest BCUT2D eigenvalue weighted by Crippen LogP contribution is 2.44. The number of nitrogens with one attached hydrogen (secondary N) is 4. The molecule has 95 heavy (non-hydrogen) atoms. The zero-order valence-corrected chi connectivity index (χ0v) is 57.8. The van der Waals surface area contributed by atoms with Gasteiger partial charge in [-0.3, -0.25) is 33.8 Å². The normalized spacial score (nSPS) is 20.3. The Labute approximate surface area is 565 Å². The number of amides is 4. The Hall–Kier alpha value is -6.73. The van der Waals surface area contributed by atoms with Crippen molar-refractivity contribution in [1.29, 1.82) is 0 Å². The quantitative estimate of drug-likeness (QED) is 0.0325. The number of hydrogen-bond acceptors (Lipinski definition) is 15. The summed E-state index contributed by atoms with van der Waals surface area (Å²) in [5, 5.41) is 23.5. The number of piperazine rings is 1. The fourth-order valence-corrected chi connectivity index (χ4v) is 15.1. The lowest BCUT2D eigenvalue weighted by Gasteiger charge is -2.40. The molecule has 4 heterocycles. The molecular weight excluding hydrogens is 1280 g/mol. The van der Waals surface area contributed by atoms with Crippen LogP contribution in [0.5, 0.6) is 0 Å². The molecule has 3 saturated heterocycles. The zero-order chi connectivity index (χ0) is 68.4. The molecule has 3 fully saturated rings. The monoisotopic (exact) mass is 1370 g/mol. The molecular formula is C71H91ClF3N9O9S2. The van der Waals surface area contributed by atoms with Crippen molar-refractivity contribution >= 4 is 79.1 Å². The van der Waals surface area contributed by atoms with Gasteiger partial charge in [-0.25, -0.2) is 13.4 Å². The molecule has 0 spiro atoms. The fourth-order valence-electron chi connectivity index (χ4n) is 13.2. The van der Waals surface area contributed by atoms with E-state index in [0.717, 1.165) is 57.7 Å². The maximum atomic E-state index is 14.4. The number of allylic oxidation sites excluding steroid dienone is 1. The Bertz CT molecular complexity index is 3650. The first-order chi connectivity index (χ1) is 45.1. The Morgan fingerprint density at radius 3 is 2.21 bits per heavy atom. The van der Waals surface area contributed by atoms with Crippen LogP contribution in [0.2, 0.25) is 5.02 Å². The maximum absolute atomic E-state index is 14.4. The van der Waals surface area contributed by atoms with Crippen molar-refractivity contribution in [2.75, 3.05) is 88.9 Å². The number of carbonyl (C=O) groups excluding carboxylic acids is 5. The Balaban J connectivity index is 0.754. The minimum atomic E-state index is -5.74. The number of β-amino-alcohol motifs (C(OH)–C–C–N with tert-alkyl or cyclic N) is 1. The second kappa shape index (κ2) is 31.6. The van der Waals surface area contributed by atoms with Crippen LogP contribution < -0.4 is 26.2 Å². The largest absolute Gasteiger partial charge is 0.501 e. The lowest BCUT2D eigenvalue weighted by molar-refractivity contribution is -0.146. The molecule has 4 aromatic carbocycles. The molecule has 4 amide bonds. The number of sulfone groups is 1. The number of morpholine rings is 1. The third kappa shape index (κ3) is 18.5. The van der Waals surface area contributed by atoms with E-state index in [1.165, 1.54) is 22.6 Å². The first-order valence-corrected chi connectivity index (χ1v) is 35.8. The molecule has 24 heteroatoms. The van der Waals surface area contributed by atoms with E-state index in [1.807, 2.05) is 115 Å². The van der Waals surface area contributed by atoms with Gasteiger partial charge in [-0.2, -0.15) is 13.2 Å². The molecule has 9 rings (SSSR count). The topological polar surface area (TPSA) is 223 Å². The number of benzene rings is 4. The summed E-state index contributed by atoms with van der Waals surface area (Å²) in [5.74, 6) is -2.18. The third-order valence-electron chi connectivity index (χ3n) is 19.2. The first kappa shape index (κ1) is 72.5. The summed E-state index contributed by atoms with van der Waals surface area (Å²) in [6.45, 7) is 20.3. The number of aliphatic hydroxyl groups excluding tert-OH is 1. The molecule has 0 bridgehead atoms. The Kier molecular flexibility index (Phi) is 24.2. The molecule has 6 atom stereocenters. The molecule has 0 radical (unpaired) electrons. The smallest absolute Gasteiger partial charge is 0.391 e. The Morgan fingerprint density at radius 2 is 1.57 bits per heavy atom. The van der Waals surface area contributed by atoms with E-state index in [0.29, 0.717) is 102 Å². The van der Waals surface area contributed by atoms with E-state index in [2.05, 4.69) is 41.0 Å². The molecule has 3 aliphatic heterocycles. The van der Waals surface area contributed by atoms with Gasteiger partial charge in [0.1, 0.15) is 11.8 Å². The summed E-state index contributed by atoms with van der Waals surface area (Å²) in [6, 6.07) is 25.0. The van der Waals surface area contributed by atoms with E-state index in [9.17, 15) is 50.7 Å². The van der Waals surface area contributed by atoms with E-state index in [1.54, 1.807) is 23.5 Å². The van der Waals surface area contributed by atoms with Crippen molar-refractivity contribution in [2.45, 2.75) is 147 Å². The lowest BCUT2D eigenvalue weighted by atomic mass is 9.70. The summed E-state index contributed by atoms with van der Waals surface area (Å²) in [7, 11) is -5.74. The van der Waals surface area contributed by atoms with Crippen LogP contribution in [-0.4, -0.2) is 165 Å². The number of aromatic nitrogens is 1. The second-order valence-corrected chi connectivity index (χ2v) is 30.3. The van der Waals surface area contributed by atoms with Gasteiger partial charge in [0.15, 0.2) is 0 Å². The number of nitrogens with zero attached hydrogens (tertiary/aromatic N) is 5. The number of thiazole rings is 1. The summed E-state index contributed by atoms with van der Waals surface area (Å²) >= 11 is 7.91. The van der Waals surface area contributed by atoms with Crippen molar-refractivity contribution in [3.63, 3.8) is 0 Å². The van der Waals surface area contributed by atoms with Crippen molar-refractivity contribution < 1.29 is 55.4 Å². The maximum Gasteiger partial charge on any atom is 0.501 e. The minimum Gasteiger partial charge on any atom is -0.391 e. The predicted octanol–water partition coefficient (Wildman–Crippen LogP) is 11.0. The fraction of sp³-hybridized carbons (Fsp3) is 0.521. The van der Waals surface area contributed by atoms with Gasteiger partial charge >= 0.3 is 5.51 Å². The molecule has 18 nitrogen and oxygen atoms in total. The van der Waals surface area contributed by atoms with Crippen LogP contribution in [0.25, 0.3) is 16.0 Å². The van der Waals surface area contributed by atoms with Crippen molar-refractivity contribution in [3.8, 4) is 10.4 Å². The van der Waals surface area contributed by atoms with Crippen LogP contribution in [0.4, 0.5) is 24.5 Å². The minimum absolute atomic E-state index is 0.0147. The average Bonchev–Trinajstić information content (AvgIpc) is 1.15. The van der Waals surface area contributed by atoms with E-state index >= 15 is 0 Å². The second-order valence-electron chi connectivity index (χ2n) is 27.1. The van der Waals surface area contributed by atoms with Crippen molar-refractivity contribution in [1.82, 2.24) is 35.6 Å². The van der Waals surface area contributed by atoms with E-state index < -0.39 is 55.0 Å². The van der Waals surface area contributed by atoms with Gasteiger partial charge in [0.25, 0.3) is 15.7 Å². The molecule has 4 aliphatic rings. The summed E-state index contributed by atoms with van der Waals surface area (Å²) in [5.41, 5.74) is 2.43. The van der Waals surface area contributed by atoms with Crippen LogP contribution in [0.1, 0.15) is 138 Å². The average molecular weight is 1370 g/mol. The standard InChI is InChI=1S/C71H91ClF3N9O9S2/c1-8-55(26-29-81-34-36-93-37-35-81)80-61-24-11-48(38-63(61)95(91,92)71(73,74)75)42-77-65(87)52-18-22-56(23-19-52)83-32-30-82(31-33-83)43-53-41-70(7,27-25-59(53)50-16-20-54(72)21-17-50)68(90)76-28-9-10-57(85)39-60(69(4,5)6)67(89)84-44-58(86)40-62(84)66(88)79-46(2)49-12-14-51(15-13-49)64-47(3)78-45-94-64/h11-24,38,45-46,55,58,60,62,80,86H,8-10,25-37,39-44H2,1-7H3,(H,76,90)(H,77,87)(H,79,88)/t46-,55-,58+,60+,62-,70?/m0/s1. The van der Waals surface area contributed by atoms with Gasteiger partial charge in [-0.15, -0.1) is 11.3 Å². The molecule has 0 saturated carbocycles. The summed E-state index contributed by atoms with van der Waals surface area (Å²) in [4.78, 5) is 82.6. The van der Waals surface area contributed by atoms with Crippen LogP contribution in [-0.2, 0) is 40.3 Å². The van der Waals surface area contributed by atoms with Crippen molar-refractivity contribution in [3.05, 3.63) is 135 Å². The van der Waals surface area contributed by atoms with Crippen LogP contribution in [0.3, 0.4) is 0 Å². The van der Waals surface area contributed by atoms with Crippen LogP contribution in [0.15, 0.2) is 107 Å². The van der Waals surface area contributed by atoms with E-state index in [4.69, 9.17) is 16.3 Å². The van der Waals surface area contributed by atoms with E-state index in [-0.39, 0.29) is 85.7 Å². The number of likely N-dealkylation sites (tertiary alicyclic amines) is 1. The number of aliphatic hydroxyl groups is 1. The van der Waals surface area contributed by atoms with Gasteiger partial charge in [0, 0.05) is 119 Å². The number of carbonyl (C=O) groups is 5. The number of ketones is 1. The van der Waals surface area contributed by atoms with Gasteiger partial charge in [-0.05, 0) is 134 Å². The Morgan fingerprint density at radius 1 is 0.884 bits per heavy atom. The highest BCUT2D eigenvalue weighted by atomic mass is 35.5. The number of hydrogen-bond donors (Lipinski definition) is 5. The SMILES string of the molecule is CC[C@@H](CCN1CCOCC1)Nc1ccc(CNC(=O)c2ccc(N3CCN(CC4=C(c5ccc(Cl)cc5)CCC(C)(C(=O)NCCCC(=O)C[C@H](C(=O)N5C[C@H](O)C[C@H]5C(=O)N[C@@H](C)c5ccc(-c6scnc6C)cc5)C(C)(C)C)C4)CC3)cc2)cc1S(=O)(=O)C(F)(F)F. The third-order valence-corrected chi connectivity index (χ3v) is 21.9. The highest BCUT2D eigenvalue weighted by Gasteiger charge is 2.49. The first-order valence-electron chi connectivity index (χ1n) is 33.0. The van der Waals surface area contributed by atoms with Gasteiger partial charge in [0.2, 0.25) is 17.7 Å².